The summed E-state index contributed by atoms with van der Waals surface area (Å²) in [7, 11) is 0. The standard InChI is InChI=1S/C15H21F2N/c1-11(2)15(7-9-18-10-8-15)13-5-3-12(4-6-13)14(16)17/h3-6,11,14,18H,7-10H2,1-2H3. The number of halogens is 2. The molecule has 0 unspecified atom stereocenters. The van der Waals surface area contributed by atoms with E-state index in [0.29, 0.717) is 5.92 Å². The van der Waals surface area contributed by atoms with Crippen molar-refractivity contribution in [2.75, 3.05) is 13.1 Å². The Hall–Kier alpha value is -0.960. The largest absolute Gasteiger partial charge is 0.317 e. The molecule has 2 rings (SSSR count). The lowest BCUT2D eigenvalue weighted by molar-refractivity contribution is 0.151. The second-order valence-electron chi connectivity index (χ2n) is 5.48. The van der Waals surface area contributed by atoms with E-state index in [2.05, 4.69) is 19.2 Å². The van der Waals surface area contributed by atoms with Gasteiger partial charge in [0.25, 0.3) is 6.43 Å². The summed E-state index contributed by atoms with van der Waals surface area (Å²) in [5, 5.41) is 3.37. The summed E-state index contributed by atoms with van der Waals surface area (Å²) in [5.41, 5.74) is 1.47. The fourth-order valence-electron chi connectivity index (χ4n) is 3.03. The number of rotatable bonds is 3. The highest BCUT2D eigenvalue weighted by atomic mass is 19.3. The maximum atomic E-state index is 12.6. The Bertz CT molecular complexity index is 378. The number of benzene rings is 1. The van der Waals surface area contributed by atoms with E-state index in [1.165, 1.54) is 5.56 Å². The maximum absolute atomic E-state index is 12.6. The van der Waals surface area contributed by atoms with E-state index in [0.717, 1.165) is 25.9 Å². The average molecular weight is 253 g/mol. The first-order chi connectivity index (χ1) is 8.56. The molecule has 1 aliphatic rings. The SMILES string of the molecule is CC(C)C1(c2ccc(C(F)F)cc2)CCNCC1. The van der Waals surface area contributed by atoms with Crippen LogP contribution in [0.25, 0.3) is 0 Å². The Kier molecular flexibility index (Phi) is 4.00. The van der Waals surface area contributed by atoms with Gasteiger partial charge in [0, 0.05) is 11.0 Å². The summed E-state index contributed by atoms with van der Waals surface area (Å²) in [6, 6.07) is 6.94. The zero-order valence-corrected chi connectivity index (χ0v) is 11.0. The Morgan fingerprint density at radius 1 is 1.06 bits per heavy atom. The molecule has 1 N–H and O–H groups in total. The van der Waals surface area contributed by atoms with Gasteiger partial charge in [-0.1, -0.05) is 38.1 Å². The number of hydrogen-bond acceptors (Lipinski definition) is 1. The van der Waals surface area contributed by atoms with Gasteiger partial charge in [-0.3, -0.25) is 0 Å². The number of piperidine rings is 1. The lowest BCUT2D eigenvalue weighted by Gasteiger charge is -2.42. The smallest absolute Gasteiger partial charge is 0.263 e. The molecule has 0 amide bonds. The van der Waals surface area contributed by atoms with Crippen LogP contribution in [0.3, 0.4) is 0 Å². The first kappa shape index (κ1) is 13.5. The van der Waals surface area contributed by atoms with Gasteiger partial charge in [-0.15, -0.1) is 0 Å². The third-order valence-electron chi connectivity index (χ3n) is 4.34. The molecule has 1 aromatic rings. The van der Waals surface area contributed by atoms with E-state index < -0.39 is 6.43 Å². The van der Waals surface area contributed by atoms with Crippen LogP contribution in [-0.2, 0) is 5.41 Å². The molecule has 0 bridgehead atoms. The van der Waals surface area contributed by atoms with Gasteiger partial charge in [0.05, 0.1) is 0 Å². The molecular formula is C15H21F2N. The molecule has 0 saturated carbocycles. The molecule has 100 valence electrons. The second kappa shape index (κ2) is 5.35. The van der Waals surface area contributed by atoms with E-state index in [9.17, 15) is 8.78 Å². The zero-order valence-electron chi connectivity index (χ0n) is 11.0. The van der Waals surface area contributed by atoms with Crippen molar-refractivity contribution < 1.29 is 8.78 Å². The highest BCUT2D eigenvalue weighted by Gasteiger charge is 2.36. The topological polar surface area (TPSA) is 12.0 Å². The summed E-state index contributed by atoms with van der Waals surface area (Å²) in [4.78, 5) is 0. The molecule has 0 aromatic heterocycles. The number of nitrogens with one attached hydrogen (secondary N) is 1. The minimum absolute atomic E-state index is 0.117. The highest BCUT2D eigenvalue weighted by molar-refractivity contribution is 5.31. The molecule has 3 heteroatoms. The molecule has 18 heavy (non-hydrogen) atoms. The quantitative estimate of drug-likeness (QED) is 0.861. The predicted octanol–water partition coefficient (Wildman–Crippen LogP) is 3.90. The molecular weight excluding hydrogens is 232 g/mol. The average Bonchev–Trinajstić information content (AvgIpc) is 2.39. The van der Waals surface area contributed by atoms with Crippen molar-refractivity contribution in [1.82, 2.24) is 5.32 Å². The van der Waals surface area contributed by atoms with E-state index in [4.69, 9.17) is 0 Å². The van der Waals surface area contributed by atoms with Crippen molar-refractivity contribution >= 4 is 0 Å². The van der Waals surface area contributed by atoms with Crippen molar-refractivity contribution in [3.8, 4) is 0 Å². The fraction of sp³-hybridized carbons (Fsp3) is 0.600. The molecule has 1 aromatic carbocycles. The van der Waals surface area contributed by atoms with Crippen molar-refractivity contribution in [1.29, 1.82) is 0 Å². The predicted molar refractivity (Wildman–Crippen MR) is 70.0 cm³/mol. The van der Waals surface area contributed by atoms with Crippen LogP contribution in [0.5, 0.6) is 0 Å². The summed E-state index contributed by atoms with van der Waals surface area (Å²) in [5.74, 6) is 0.525. The van der Waals surface area contributed by atoms with Crippen molar-refractivity contribution in [2.45, 2.75) is 38.5 Å². The number of hydrogen-bond donors (Lipinski definition) is 1. The van der Waals surface area contributed by atoms with Crippen LogP contribution in [0, 0.1) is 5.92 Å². The Morgan fingerprint density at radius 2 is 1.61 bits per heavy atom. The van der Waals surface area contributed by atoms with Crippen molar-refractivity contribution in [3.63, 3.8) is 0 Å². The lowest BCUT2D eigenvalue weighted by Crippen LogP contribution is -2.43. The van der Waals surface area contributed by atoms with Crippen LogP contribution in [0.4, 0.5) is 8.78 Å². The van der Waals surface area contributed by atoms with E-state index in [1.807, 2.05) is 12.1 Å². The maximum Gasteiger partial charge on any atom is 0.263 e. The van der Waals surface area contributed by atoms with Gasteiger partial charge in [-0.05, 0) is 37.4 Å². The van der Waals surface area contributed by atoms with Crippen LogP contribution in [0.15, 0.2) is 24.3 Å². The zero-order chi connectivity index (χ0) is 13.2. The minimum atomic E-state index is -2.37. The van der Waals surface area contributed by atoms with Gasteiger partial charge < -0.3 is 5.32 Å². The van der Waals surface area contributed by atoms with Crippen LogP contribution in [0.2, 0.25) is 0 Å². The van der Waals surface area contributed by atoms with Crippen molar-refractivity contribution in [2.24, 2.45) is 5.92 Å². The third-order valence-corrected chi connectivity index (χ3v) is 4.34. The normalized spacial score (nSPS) is 19.4. The lowest BCUT2D eigenvalue weighted by atomic mass is 9.66. The molecule has 1 aliphatic heterocycles. The summed E-state index contributed by atoms with van der Waals surface area (Å²) in [6.07, 6.45) is -0.209. The van der Waals surface area contributed by atoms with E-state index in [1.54, 1.807) is 12.1 Å². The monoisotopic (exact) mass is 253 g/mol. The van der Waals surface area contributed by atoms with Gasteiger partial charge in [0.15, 0.2) is 0 Å². The molecule has 1 nitrogen and oxygen atoms in total. The molecule has 0 aliphatic carbocycles. The van der Waals surface area contributed by atoms with E-state index in [-0.39, 0.29) is 11.0 Å². The molecule has 1 fully saturated rings. The molecule has 1 saturated heterocycles. The molecule has 0 radical (unpaired) electrons. The summed E-state index contributed by atoms with van der Waals surface area (Å²) < 4.78 is 25.2. The van der Waals surface area contributed by atoms with Gasteiger partial charge >= 0.3 is 0 Å². The first-order valence-electron chi connectivity index (χ1n) is 6.65. The van der Waals surface area contributed by atoms with Gasteiger partial charge in [0.1, 0.15) is 0 Å². The van der Waals surface area contributed by atoms with Crippen LogP contribution >= 0.6 is 0 Å². The second-order valence-corrected chi connectivity index (χ2v) is 5.48. The Balaban J connectivity index is 2.31. The van der Waals surface area contributed by atoms with Crippen LogP contribution < -0.4 is 5.32 Å². The molecule has 0 atom stereocenters. The van der Waals surface area contributed by atoms with Gasteiger partial charge in [-0.25, -0.2) is 8.78 Å². The minimum Gasteiger partial charge on any atom is -0.317 e. The summed E-state index contributed by atoms with van der Waals surface area (Å²) in [6.45, 7) is 6.47. The number of alkyl halides is 2. The fourth-order valence-corrected chi connectivity index (χ4v) is 3.03. The Labute approximate surface area is 108 Å². The molecule has 0 spiro atoms. The first-order valence-corrected chi connectivity index (χ1v) is 6.65. The van der Waals surface area contributed by atoms with E-state index >= 15 is 0 Å². The summed E-state index contributed by atoms with van der Waals surface area (Å²) >= 11 is 0. The van der Waals surface area contributed by atoms with Gasteiger partial charge in [0.2, 0.25) is 0 Å². The van der Waals surface area contributed by atoms with Crippen LogP contribution in [0.1, 0.15) is 44.2 Å². The molecule has 1 heterocycles. The highest BCUT2D eigenvalue weighted by Crippen LogP contribution is 2.40. The third kappa shape index (κ3) is 2.41. The van der Waals surface area contributed by atoms with Crippen molar-refractivity contribution in [3.05, 3.63) is 35.4 Å². The van der Waals surface area contributed by atoms with Crippen LogP contribution in [-0.4, -0.2) is 13.1 Å². The van der Waals surface area contributed by atoms with Gasteiger partial charge in [-0.2, -0.15) is 0 Å². The Morgan fingerprint density at radius 3 is 2.06 bits per heavy atom.